The van der Waals surface area contributed by atoms with Crippen LogP contribution in [0.2, 0.25) is 5.15 Å². The van der Waals surface area contributed by atoms with E-state index in [-0.39, 0.29) is 35.9 Å². The highest BCUT2D eigenvalue weighted by molar-refractivity contribution is 6.32. The maximum Gasteiger partial charge on any atom is 0.332 e. The molecule has 0 atom stereocenters. The van der Waals surface area contributed by atoms with Gasteiger partial charge in [0, 0.05) is 51.2 Å². The molecule has 6 rings (SSSR count). The van der Waals surface area contributed by atoms with E-state index in [9.17, 15) is 19.2 Å². The fraction of sp³-hybridized carbons (Fsp3) is 0.350. The van der Waals surface area contributed by atoms with Crippen LogP contribution < -0.4 is 15.5 Å². The van der Waals surface area contributed by atoms with Gasteiger partial charge in [0.1, 0.15) is 22.0 Å². The summed E-state index contributed by atoms with van der Waals surface area (Å²) in [6.07, 6.45) is 4.80. The van der Waals surface area contributed by atoms with E-state index in [1.165, 1.54) is 6.20 Å². The monoisotopic (exact) mass is 725 g/mol. The van der Waals surface area contributed by atoms with Crippen LogP contribution in [0, 0.1) is 0 Å². The zero-order valence-corrected chi connectivity index (χ0v) is 30.8. The molecule has 4 aromatic rings. The first kappa shape index (κ1) is 38.0. The lowest BCUT2D eigenvalue weighted by atomic mass is 9.95. The number of nitrogens with zero attached hydrogens (tertiary/aromatic N) is 3. The van der Waals surface area contributed by atoms with Gasteiger partial charge in [0.25, 0.3) is 11.8 Å². The van der Waals surface area contributed by atoms with Gasteiger partial charge in [0.2, 0.25) is 0 Å². The standard InChI is InChI=1S/C22H27N3O3.C18H17ClN2O3/c1-5-28-21(27)22(13-16-9-6-7-10-17(16)14-22)24-20(26)18-11-8-12-23-19(18)25(4)15(2)3;1-2-24-17(23)18(10-12-6-3-4-7-13(12)11-18)21-16(22)14-8-5-9-20-15(14)19/h6-12,15H,5,13-14H2,1-4H3,(H,24,26);3-9H,2,10-11H2,1H3,(H,21,22). The number of carbonyl (C=O) groups excluding carboxylic acids is 4. The Bertz CT molecular complexity index is 1900. The van der Waals surface area contributed by atoms with Gasteiger partial charge in [-0.25, -0.2) is 19.6 Å². The van der Waals surface area contributed by atoms with Crippen LogP contribution in [0.15, 0.2) is 85.2 Å². The highest BCUT2D eigenvalue weighted by Crippen LogP contribution is 2.33. The highest BCUT2D eigenvalue weighted by Gasteiger charge is 2.48. The molecule has 0 fully saturated rings. The van der Waals surface area contributed by atoms with Crippen LogP contribution in [0.5, 0.6) is 0 Å². The molecule has 0 aliphatic heterocycles. The van der Waals surface area contributed by atoms with Crippen molar-refractivity contribution in [1.82, 2.24) is 20.6 Å². The molecular weight excluding hydrogens is 682 g/mol. The summed E-state index contributed by atoms with van der Waals surface area (Å²) < 4.78 is 10.6. The third-order valence-corrected chi connectivity index (χ3v) is 9.69. The number of halogens is 1. The molecule has 0 saturated heterocycles. The lowest BCUT2D eigenvalue weighted by Crippen LogP contribution is -2.56. The van der Waals surface area contributed by atoms with Gasteiger partial charge in [-0.2, -0.15) is 0 Å². The van der Waals surface area contributed by atoms with Gasteiger partial charge in [-0.15, -0.1) is 0 Å². The van der Waals surface area contributed by atoms with Crippen LogP contribution in [-0.2, 0) is 44.7 Å². The number of carbonyl (C=O) groups is 4. The van der Waals surface area contributed by atoms with Crippen LogP contribution in [-0.4, -0.2) is 71.1 Å². The lowest BCUT2D eigenvalue weighted by Gasteiger charge is -2.29. The molecule has 272 valence electrons. The summed E-state index contributed by atoms with van der Waals surface area (Å²) in [5.74, 6) is -1.01. The number of hydrogen-bond acceptors (Lipinski definition) is 9. The Balaban J connectivity index is 0.000000203. The van der Waals surface area contributed by atoms with Gasteiger partial charge in [0.05, 0.1) is 24.3 Å². The van der Waals surface area contributed by atoms with Gasteiger partial charge in [-0.1, -0.05) is 60.1 Å². The summed E-state index contributed by atoms with van der Waals surface area (Å²) in [5, 5.41) is 5.94. The SMILES string of the molecule is CCOC(=O)C1(NC(=O)c2cccnc2Cl)Cc2ccccc2C1.CCOC(=O)C1(NC(=O)c2cccnc2N(C)C(C)C)Cc2ccccc2C1. The third kappa shape index (κ3) is 8.10. The Morgan fingerprint density at radius 1 is 0.692 bits per heavy atom. The number of benzene rings is 2. The zero-order chi connectivity index (χ0) is 37.5. The number of nitrogens with one attached hydrogen (secondary N) is 2. The second-order valence-electron chi connectivity index (χ2n) is 13.2. The van der Waals surface area contributed by atoms with Gasteiger partial charge in [-0.3, -0.25) is 9.59 Å². The van der Waals surface area contributed by atoms with E-state index in [0.717, 1.165) is 22.3 Å². The van der Waals surface area contributed by atoms with Crippen LogP contribution in [0.1, 0.15) is 70.7 Å². The number of esters is 2. The second-order valence-corrected chi connectivity index (χ2v) is 13.5. The number of ether oxygens (including phenoxy) is 2. The van der Waals surface area contributed by atoms with Gasteiger partial charge in [0.15, 0.2) is 0 Å². The van der Waals surface area contributed by atoms with Crippen LogP contribution in [0.4, 0.5) is 5.82 Å². The molecular formula is C40H44ClN5O6. The van der Waals surface area contributed by atoms with E-state index >= 15 is 0 Å². The normalized spacial score (nSPS) is 14.6. The molecule has 0 bridgehead atoms. The zero-order valence-electron chi connectivity index (χ0n) is 30.1. The fourth-order valence-corrected chi connectivity index (χ4v) is 6.77. The molecule has 2 aromatic heterocycles. The average molecular weight is 726 g/mol. The Kier molecular flexibility index (Phi) is 11.9. The van der Waals surface area contributed by atoms with Gasteiger partial charge >= 0.3 is 11.9 Å². The van der Waals surface area contributed by atoms with Crippen LogP contribution >= 0.6 is 11.6 Å². The number of anilines is 1. The number of fused-ring (bicyclic) bond motifs is 2. The number of amides is 2. The van der Waals surface area contributed by atoms with E-state index < -0.39 is 28.9 Å². The minimum absolute atomic E-state index is 0.101. The average Bonchev–Trinajstić information content (AvgIpc) is 3.71. The molecule has 52 heavy (non-hydrogen) atoms. The third-order valence-electron chi connectivity index (χ3n) is 9.39. The summed E-state index contributed by atoms with van der Waals surface area (Å²) in [6.45, 7) is 8.09. The molecule has 2 heterocycles. The smallest absolute Gasteiger partial charge is 0.332 e. The Morgan fingerprint density at radius 3 is 1.50 bits per heavy atom. The predicted octanol–water partition coefficient (Wildman–Crippen LogP) is 5.32. The molecule has 0 radical (unpaired) electrons. The summed E-state index contributed by atoms with van der Waals surface area (Å²) in [6, 6.07) is 22.5. The Labute approximate surface area is 309 Å². The van der Waals surface area contributed by atoms with E-state index in [2.05, 4.69) is 20.6 Å². The van der Waals surface area contributed by atoms with Gasteiger partial charge < -0.3 is 25.0 Å². The van der Waals surface area contributed by atoms with Crippen molar-refractivity contribution >= 4 is 41.2 Å². The van der Waals surface area contributed by atoms with Crippen molar-refractivity contribution in [1.29, 1.82) is 0 Å². The van der Waals surface area contributed by atoms with Gasteiger partial charge in [-0.05, 0) is 74.2 Å². The largest absolute Gasteiger partial charge is 0.464 e. The minimum atomic E-state index is -1.12. The molecule has 2 aliphatic carbocycles. The first-order chi connectivity index (χ1) is 24.9. The predicted molar refractivity (Wildman–Crippen MR) is 198 cm³/mol. The first-order valence-corrected chi connectivity index (χ1v) is 17.7. The molecule has 11 nitrogen and oxygen atoms in total. The molecule has 0 unspecified atom stereocenters. The van der Waals surface area contributed by atoms with E-state index in [4.69, 9.17) is 21.1 Å². The van der Waals surface area contributed by atoms with E-state index in [0.29, 0.717) is 37.1 Å². The van der Waals surface area contributed by atoms with E-state index in [1.54, 1.807) is 44.3 Å². The topological polar surface area (TPSA) is 140 Å². The minimum Gasteiger partial charge on any atom is -0.464 e. The summed E-state index contributed by atoms with van der Waals surface area (Å²) in [4.78, 5) is 61.6. The van der Waals surface area contributed by atoms with Crippen LogP contribution in [0.3, 0.4) is 0 Å². The summed E-state index contributed by atoms with van der Waals surface area (Å²) >= 11 is 5.99. The van der Waals surface area contributed by atoms with Crippen molar-refractivity contribution in [2.24, 2.45) is 0 Å². The molecule has 2 aliphatic rings. The summed E-state index contributed by atoms with van der Waals surface area (Å²) in [5.41, 5.74) is 2.64. The number of hydrogen-bond donors (Lipinski definition) is 2. The van der Waals surface area contributed by atoms with Crippen molar-refractivity contribution in [3.63, 3.8) is 0 Å². The molecule has 12 heteroatoms. The van der Waals surface area contributed by atoms with Crippen molar-refractivity contribution in [3.05, 3.63) is 124 Å². The number of aromatic nitrogens is 2. The van der Waals surface area contributed by atoms with Crippen molar-refractivity contribution in [3.8, 4) is 0 Å². The second kappa shape index (κ2) is 16.4. The fourth-order valence-electron chi connectivity index (χ4n) is 6.56. The first-order valence-electron chi connectivity index (χ1n) is 17.3. The maximum absolute atomic E-state index is 13.2. The van der Waals surface area contributed by atoms with Crippen LogP contribution in [0.25, 0.3) is 0 Å². The lowest BCUT2D eigenvalue weighted by molar-refractivity contribution is -0.151. The van der Waals surface area contributed by atoms with Crippen molar-refractivity contribution in [2.45, 2.75) is 70.5 Å². The Morgan fingerprint density at radius 2 is 1.10 bits per heavy atom. The molecule has 2 amide bonds. The number of pyridine rings is 2. The highest BCUT2D eigenvalue weighted by atomic mass is 35.5. The quantitative estimate of drug-likeness (QED) is 0.164. The van der Waals surface area contributed by atoms with Crippen molar-refractivity contribution in [2.75, 3.05) is 25.2 Å². The molecule has 0 saturated carbocycles. The maximum atomic E-state index is 13.2. The summed E-state index contributed by atoms with van der Waals surface area (Å²) in [7, 11) is 1.90. The Hall–Kier alpha value is -5.29. The molecule has 2 aromatic carbocycles. The van der Waals surface area contributed by atoms with E-state index in [1.807, 2.05) is 74.3 Å². The molecule has 2 N–H and O–H groups in total. The van der Waals surface area contributed by atoms with Crippen molar-refractivity contribution < 1.29 is 28.7 Å². The number of rotatable bonds is 10. The molecule has 0 spiro atoms.